The van der Waals surface area contributed by atoms with Crippen molar-refractivity contribution in [3.63, 3.8) is 0 Å². The van der Waals surface area contributed by atoms with Gasteiger partial charge >= 0.3 is 16.2 Å². The van der Waals surface area contributed by atoms with Crippen LogP contribution in [-0.4, -0.2) is 47.4 Å². The Morgan fingerprint density at radius 1 is 1.21 bits per heavy atom. The summed E-state index contributed by atoms with van der Waals surface area (Å²) in [5.41, 5.74) is 2.48. The van der Waals surface area contributed by atoms with E-state index in [1.807, 2.05) is 36.4 Å². The highest BCUT2D eigenvalue weighted by Crippen LogP contribution is 2.33. The lowest BCUT2D eigenvalue weighted by atomic mass is 10.1. The van der Waals surface area contributed by atoms with Crippen molar-refractivity contribution in [1.82, 2.24) is 13.9 Å². The molecule has 1 aromatic carbocycles. The highest BCUT2D eigenvalue weighted by atomic mass is 32.2. The van der Waals surface area contributed by atoms with Crippen molar-refractivity contribution in [1.29, 1.82) is 0 Å². The molecule has 0 aliphatic heterocycles. The number of fused-ring (bicyclic) bond motifs is 1. The van der Waals surface area contributed by atoms with Crippen LogP contribution in [0.3, 0.4) is 0 Å². The number of anilines is 1. The van der Waals surface area contributed by atoms with Gasteiger partial charge in [0, 0.05) is 50.4 Å². The monoisotopic (exact) mass is 402 g/mol. The number of carbonyl (C=O) groups is 1. The number of nitrogens with one attached hydrogen (secondary N) is 1. The summed E-state index contributed by atoms with van der Waals surface area (Å²) in [7, 11) is -0.900. The molecule has 0 unspecified atom stereocenters. The lowest BCUT2D eigenvalue weighted by molar-refractivity contribution is -0.137. The summed E-state index contributed by atoms with van der Waals surface area (Å²) >= 11 is 0. The second-order valence-corrected chi connectivity index (χ2v) is 8.45. The molecule has 3 rings (SSSR count). The number of aliphatic carboxylic acids is 1. The SMILES string of the molecule is CN(C)S(=O)(=O)Nc1c(Cc2cccnc2)c2ccccc2n1CCC(=O)O. The standard InChI is InChI=1S/C19H22N4O4S/c1-22(2)28(26,27)21-19-16(12-14-6-5-10-20-13-14)15-7-3-4-8-17(15)23(19)11-9-18(24)25/h3-8,10,13,21H,9,11-12H2,1-2H3,(H,24,25). The van der Waals surface area contributed by atoms with Gasteiger partial charge in [0.1, 0.15) is 5.82 Å². The molecule has 28 heavy (non-hydrogen) atoms. The first-order valence-corrected chi connectivity index (χ1v) is 10.1. The van der Waals surface area contributed by atoms with Gasteiger partial charge in [-0.3, -0.25) is 14.5 Å². The number of pyridine rings is 1. The van der Waals surface area contributed by atoms with E-state index in [1.54, 1.807) is 17.0 Å². The Hall–Kier alpha value is -2.91. The van der Waals surface area contributed by atoms with E-state index in [4.69, 9.17) is 5.11 Å². The molecule has 0 atom stereocenters. The highest BCUT2D eigenvalue weighted by Gasteiger charge is 2.23. The van der Waals surface area contributed by atoms with E-state index >= 15 is 0 Å². The summed E-state index contributed by atoms with van der Waals surface area (Å²) in [6.45, 7) is 0.147. The third-order valence-corrected chi connectivity index (χ3v) is 5.85. The predicted molar refractivity (Wildman–Crippen MR) is 107 cm³/mol. The van der Waals surface area contributed by atoms with Gasteiger partial charge in [-0.15, -0.1) is 0 Å². The normalized spacial score (nSPS) is 11.8. The van der Waals surface area contributed by atoms with Gasteiger partial charge in [-0.2, -0.15) is 12.7 Å². The molecule has 0 radical (unpaired) electrons. The molecule has 0 saturated heterocycles. The third kappa shape index (κ3) is 4.15. The molecular weight excluding hydrogens is 380 g/mol. The maximum Gasteiger partial charge on any atom is 0.305 e. The second-order valence-electron chi connectivity index (χ2n) is 6.57. The van der Waals surface area contributed by atoms with Crippen molar-refractivity contribution in [3.05, 3.63) is 59.9 Å². The smallest absolute Gasteiger partial charge is 0.305 e. The van der Waals surface area contributed by atoms with Crippen LogP contribution in [0.5, 0.6) is 0 Å². The van der Waals surface area contributed by atoms with Crippen molar-refractivity contribution in [2.75, 3.05) is 18.8 Å². The summed E-state index contributed by atoms with van der Waals surface area (Å²) in [5, 5.41) is 10.0. The Labute approximate surface area is 163 Å². The van der Waals surface area contributed by atoms with Crippen molar-refractivity contribution >= 4 is 32.9 Å². The van der Waals surface area contributed by atoms with Gasteiger partial charge in [-0.05, 0) is 17.7 Å². The fourth-order valence-electron chi connectivity index (χ4n) is 3.03. The number of aryl methyl sites for hydroxylation is 1. The largest absolute Gasteiger partial charge is 0.481 e. The number of carboxylic acids is 1. The topological polar surface area (TPSA) is 105 Å². The van der Waals surface area contributed by atoms with E-state index in [-0.39, 0.29) is 13.0 Å². The van der Waals surface area contributed by atoms with Crippen LogP contribution in [0.25, 0.3) is 10.9 Å². The van der Waals surface area contributed by atoms with Gasteiger partial charge in [-0.1, -0.05) is 24.3 Å². The van der Waals surface area contributed by atoms with Crippen molar-refractivity contribution < 1.29 is 18.3 Å². The van der Waals surface area contributed by atoms with Crippen LogP contribution in [0, 0.1) is 0 Å². The summed E-state index contributed by atoms with van der Waals surface area (Å²) in [6.07, 6.45) is 3.74. The number of benzene rings is 1. The maximum atomic E-state index is 12.5. The van der Waals surface area contributed by atoms with Crippen molar-refractivity contribution in [2.24, 2.45) is 0 Å². The molecule has 8 nitrogen and oxygen atoms in total. The zero-order chi connectivity index (χ0) is 20.3. The zero-order valence-electron chi connectivity index (χ0n) is 15.7. The lowest BCUT2D eigenvalue weighted by Gasteiger charge is -2.17. The first-order chi connectivity index (χ1) is 13.3. The summed E-state index contributed by atoms with van der Waals surface area (Å²) in [4.78, 5) is 15.3. The van der Waals surface area contributed by atoms with Crippen molar-refractivity contribution in [3.8, 4) is 0 Å². The maximum absolute atomic E-state index is 12.5. The number of aromatic nitrogens is 2. The molecule has 0 bridgehead atoms. The number of nitrogens with zero attached hydrogens (tertiary/aromatic N) is 3. The summed E-state index contributed by atoms with van der Waals surface area (Å²) in [5.74, 6) is -0.576. The Bertz CT molecular complexity index is 1090. The number of hydrogen-bond acceptors (Lipinski definition) is 4. The molecule has 0 saturated carbocycles. The summed E-state index contributed by atoms with van der Waals surface area (Å²) < 4.78 is 30.5. The van der Waals surface area contributed by atoms with Gasteiger partial charge < -0.3 is 9.67 Å². The third-order valence-electron chi connectivity index (χ3n) is 4.44. The van der Waals surface area contributed by atoms with Gasteiger partial charge in [0.05, 0.1) is 11.9 Å². The molecule has 2 N–H and O–H groups in total. The molecule has 9 heteroatoms. The van der Waals surface area contributed by atoms with E-state index in [9.17, 15) is 13.2 Å². The van der Waals surface area contributed by atoms with Crippen LogP contribution in [-0.2, 0) is 28.0 Å². The Morgan fingerprint density at radius 3 is 2.61 bits per heavy atom. The van der Waals surface area contributed by atoms with Gasteiger partial charge in [0.2, 0.25) is 0 Å². The number of carboxylic acid groups (broad SMARTS) is 1. The predicted octanol–water partition coefficient (Wildman–Crippen LogP) is 2.32. The molecule has 0 amide bonds. The molecule has 2 heterocycles. The van der Waals surface area contributed by atoms with E-state index in [1.165, 1.54) is 14.1 Å². The molecule has 0 aliphatic rings. The van der Waals surface area contributed by atoms with Crippen LogP contribution in [0.1, 0.15) is 17.5 Å². The molecule has 3 aromatic rings. The molecular formula is C19H22N4O4S. The molecule has 0 aliphatic carbocycles. The average Bonchev–Trinajstić information content (AvgIpc) is 2.93. The molecule has 0 fully saturated rings. The van der Waals surface area contributed by atoms with E-state index < -0.39 is 16.2 Å². The molecule has 148 valence electrons. The van der Waals surface area contributed by atoms with Crippen LogP contribution < -0.4 is 4.72 Å². The van der Waals surface area contributed by atoms with Gasteiger partial charge in [0.15, 0.2) is 0 Å². The quantitative estimate of drug-likeness (QED) is 0.602. The van der Waals surface area contributed by atoms with E-state index in [0.29, 0.717) is 12.2 Å². The Balaban J connectivity index is 2.20. The summed E-state index contributed by atoms with van der Waals surface area (Å²) in [6, 6.07) is 11.2. The lowest BCUT2D eigenvalue weighted by Crippen LogP contribution is -2.30. The van der Waals surface area contributed by atoms with Crippen LogP contribution >= 0.6 is 0 Å². The number of rotatable bonds is 8. The fraction of sp³-hybridized carbons (Fsp3) is 0.263. The average molecular weight is 402 g/mol. The van der Waals surface area contributed by atoms with Crippen LogP contribution in [0.15, 0.2) is 48.8 Å². The second kappa shape index (κ2) is 7.99. The minimum atomic E-state index is -3.78. The highest BCUT2D eigenvalue weighted by molar-refractivity contribution is 7.90. The zero-order valence-corrected chi connectivity index (χ0v) is 16.5. The minimum Gasteiger partial charge on any atom is -0.481 e. The van der Waals surface area contributed by atoms with Crippen LogP contribution in [0.4, 0.5) is 5.82 Å². The van der Waals surface area contributed by atoms with E-state index in [2.05, 4.69) is 9.71 Å². The van der Waals surface area contributed by atoms with Gasteiger partial charge in [0.25, 0.3) is 0 Å². The first kappa shape index (κ1) is 19.8. The first-order valence-electron chi connectivity index (χ1n) is 8.70. The minimum absolute atomic E-state index is 0.123. The Kier molecular flexibility index (Phi) is 5.66. The fourth-order valence-corrected chi connectivity index (χ4v) is 3.69. The number of para-hydroxylation sites is 1. The number of hydrogen-bond donors (Lipinski definition) is 2. The van der Waals surface area contributed by atoms with Gasteiger partial charge in [-0.25, -0.2) is 0 Å². The molecule has 2 aromatic heterocycles. The Morgan fingerprint density at radius 2 is 1.96 bits per heavy atom. The molecule has 0 spiro atoms. The van der Waals surface area contributed by atoms with E-state index in [0.717, 1.165) is 26.3 Å². The van der Waals surface area contributed by atoms with Crippen LogP contribution in [0.2, 0.25) is 0 Å². The van der Waals surface area contributed by atoms with Crippen molar-refractivity contribution in [2.45, 2.75) is 19.4 Å².